The molecular weight excluding hydrogens is 300 g/mol. The fourth-order valence-corrected chi connectivity index (χ4v) is 2.65. The molecule has 0 fully saturated rings. The number of hydrogen-bond acceptors (Lipinski definition) is 5. The zero-order valence-electron chi connectivity index (χ0n) is 13.2. The molecule has 0 aliphatic carbocycles. The Labute approximate surface area is 139 Å². The van der Waals surface area contributed by atoms with Gasteiger partial charge in [0.25, 0.3) is 0 Å². The first-order chi connectivity index (χ1) is 11.7. The number of hydrogen-bond donors (Lipinski definition) is 1. The Bertz CT molecular complexity index is 1010. The molecule has 0 radical (unpaired) electrons. The topological polar surface area (TPSA) is 82.5 Å². The highest BCUT2D eigenvalue weighted by molar-refractivity contribution is 5.83. The van der Waals surface area contributed by atoms with Crippen molar-refractivity contribution in [3.63, 3.8) is 0 Å². The lowest BCUT2D eigenvalue weighted by Gasteiger charge is -2.05. The fraction of sp³-hybridized carbons (Fsp3) is 0.111. The molecule has 0 amide bonds. The van der Waals surface area contributed by atoms with Crippen molar-refractivity contribution in [2.24, 2.45) is 0 Å². The van der Waals surface area contributed by atoms with Crippen LogP contribution < -0.4 is 5.73 Å². The summed E-state index contributed by atoms with van der Waals surface area (Å²) >= 11 is 0. The van der Waals surface area contributed by atoms with E-state index in [0.717, 1.165) is 16.7 Å². The summed E-state index contributed by atoms with van der Waals surface area (Å²) in [7, 11) is 0. The summed E-state index contributed by atoms with van der Waals surface area (Å²) in [5.41, 5.74) is 10.4. The Morgan fingerprint density at radius 2 is 1.83 bits per heavy atom. The molecule has 0 spiro atoms. The van der Waals surface area contributed by atoms with Crippen molar-refractivity contribution in [3.05, 3.63) is 65.7 Å². The summed E-state index contributed by atoms with van der Waals surface area (Å²) in [5, 5.41) is 8.32. The minimum Gasteiger partial charge on any atom is -0.382 e. The molecule has 4 rings (SSSR count). The molecule has 2 N–H and O–H groups in total. The van der Waals surface area contributed by atoms with Crippen LogP contribution in [0.3, 0.4) is 0 Å². The summed E-state index contributed by atoms with van der Waals surface area (Å²) in [5.74, 6) is 0.927. The molecule has 0 unspecified atom stereocenters. The Morgan fingerprint density at radius 1 is 1.00 bits per heavy atom. The molecule has 4 aromatic rings. The van der Waals surface area contributed by atoms with E-state index in [1.165, 1.54) is 0 Å². The van der Waals surface area contributed by atoms with E-state index in [9.17, 15) is 0 Å². The normalized spacial score (nSPS) is 11.0. The first-order valence-electron chi connectivity index (χ1n) is 7.68. The van der Waals surface area contributed by atoms with Gasteiger partial charge >= 0.3 is 0 Å². The molecule has 118 valence electrons. The third-order valence-electron chi connectivity index (χ3n) is 3.84. The molecule has 2 heterocycles. The molecule has 6 nitrogen and oxygen atoms in total. The van der Waals surface area contributed by atoms with Gasteiger partial charge in [0.05, 0.1) is 6.54 Å². The standard InChI is InChI=1S/C18H16N6/c1-12-6-5-9-14(10-12)17-20-16(19)15-18(21-17)24(23-22-15)11-13-7-3-2-4-8-13/h2-10H,11H2,1H3,(H2,19,20,21). The van der Waals surface area contributed by atoms with Crippen molar-refractivity contribution < 1.29 is 0 Å². The molecule has 2 aromatic carbocycles. The highest BCUT2D eigenvalue weighted by atomic mass is 15.4. The summed E-state index contributed by atoms with van der Waals surface area (Å²) < 4.78 is 1.75. The molecule has 6 heteroatoms. The van der Waals surface area contributed by atoms with Crippen LogP contribution in [-0.4, -0.2) is 25.0 Å². The van der Waals surface area contributed by atoms with Crippen molar-refractivity contribution in [1.29, 1.82) is 0 Å². The predicted molar refractivity (Wildman–Crippen MR) is 93.2 cm³/mol. The average Bonchev–Trinajstić information content (AvgIpc) is 2.99. The largest absolute Gasteiger partial charge is 0.382 e. The number of anilines is 1. The maximum absolute atomic E-state index is 6.07. The van der Waals surface area contributed by atoms with Gasteiger partial charge in [-0.25, -0.2) is 14.6 Å². The van der Waals surface area contributed by atoms with E-state index in [1.807, 2.05) is 61.5 Å². The SMILES string of the molecule is Cc1cccc(-c2nc(N)c3nnn(Cc4ccccc4)c3n2)c1. The second-order valence-corrected chi connectivity index (χ2v) is 5.71. The maximum Gasteiger partial charge on any atom is 0.184 e. The van der Waals surface area contributed by atoms with Crippen LogP contribution in [0.15, 0.2) is 54.6 Å². The summed E-state index contributed by atoms with van der Waals surface area (Å²) in [6.45, 7) is 2.62. The van der Waals surface area contributed by atoms with Gasteiger partial charge in [-0.15, -0.1) is 5.10 Å². The van der Waals surface area contributed by atoms with Crippen LogP contribution in [-0.2, 0) is 6.54 Å². The number of nitrogens with zero attached hydrogens (tertiary/aromatic N) is 5. The lowest BCUT2D eigenvalue weighted by atomic mass is 10.1. The molecule has 24 heavy (non-hydrogen) atoms. The Kier molecular flexibility index (Phi) is 3.42. The predicted octanol–water partition coefficient (Wildman–Crippen LogP) is 2.83. The molecule has 2 aromatic heterocycles. The van der Waals surface area contributed by atoms with Crippen molar-refractivity contribution in [2.75, 3.05) is 5.73 Å². The van der Waals surface area contributed by atoms with E-state index >= 15 is 0 Å². The molecular formula is C18H16N6. The van der Waals surface area contributed by atoms with Crippen LogP contribution in [0, 0.1) is 6.92 Å². The van der Waals surface area contributed by atoms with Crippen LogP contribution in [0.2, 0.25) is 0 Å². The van der Waals surface area contributed by atoms with Gasteiger partial charge in [0, 0.05) is 5.56 Å². The zero-order chi connectivity index (χ0) is 16.5. The molecule has 0 saturated carbocycles. The van der Waals surface area contributed by atoms with Crippen molar-refractivity contribution in [2.45, 2.75) is 13.5 Å². The second-order valence-electron chi connectivity index (χ2n) is 5.71. The van der Waals surface area contributed by atoms with Crippen LogP contribution >= 0.6 is 0 Å². The van der Waals surface area contributed by atoms with Gasteiger partial charge in [-0.05, 0) is 18.6 Å². The fourth-order valence-electron chi connectivity index (χ4n) is 2.65. The number of nitrogen functional groups attached to an aromatic ring is 1. The third kappa shape index (κ3) is 2.58. The van der Waals surface area contributed by atoms with Gasteiger partial charge in [-0.1, -0.05) is 59.3 Å². The van der Waals surface area contributed by atoms with Crippen molar-refractivity contribution >= 4 is 17.0 Å². The number of aromatic nitrogens is 5. The summed E-state index contributed by atoms with van der Waals surface area (Å²) in [4.78, 5) is 9.03. The Morgan fingerprint density at radius 3 is 2.62 bits per heavy atom. The van der Waals surface area contributed by atoms with Gasteiger partial charge < -0.3 is 5.73 Å². The molecule has 0 aliphatic heterocycles. The van der Waals surface area contributed by atoms with Gasteiger partial charge in [0.15, 0.2) is 22.8 Å². The van der Waals surface area contributed by atoms with Gasteiger partial charge in [0.1, 0.15) is 0 Å². The van der Waals surface area contributed by atoms with E-state index in [2.05, 4.69) is 20.3 Å². The molecule has 0 bridgehead atoms. The zero-order valence-corrected chi connectivity index (χ0v) is 13.2. The van der Waals surface area contributed by atoms with E-state index in [-0.39, 0.29) is 0 Å². The smallest absolute Gasteiger partial charge is 0.184 e. The lowest BCUT2D eigenvalue weighted by Crippen LogP contribution is -2.04. The Balaban J connectivity index is 1.83. The summed E-state index contributed by atoms with van der Waals surface area (Å²) in [6, 6.07) is 18.1. The minimum atomic E-state index is 0.343. The average molecular weight is 316 g/mol. The van der Waals surface area contributed by atoms with E-state index in [4.69, 9.17) is 5.73 Å². The quantitative estimate of drug-likeness (QED) is 0.628. The number of aryl methyl sites for hydroxylation is 1. The first kappa shape index (κ1) is 14.3. The number of rotatable bonds is 3. The monoisotopic (exact) mass is 316 g/mol. The highest BCUT2D eigenvalue weighted by Crippen LogP contribution is 2.22. The van der Waals surface area contributed by atoms with E-state index in [1.54, 1.807) is 4.68 Å². The van der Waals surface area contributed by atoms with E-state index < -0.39 is 0 Å². The van der Waals surface area contributed by atoms with Crippen LogP contribution in [0.4, 0.5) is 5.82 Å². The number of fused-ring (bicyclic) bond motifs is 1. The maximum atomic E-state index is 6.07. The number of benzene rings is 2. The van der Waals surface area contributed by atoms with Crippen LogP contribution in [0.25, 0.3) is 22.6 Å². The summed E-state index contributed by atoms with van der Waals surface area (Å²) in [6.07, 6.45) is 0. The van der Waals surface area contributed by atoms with Crippen molar-refractivity contribution in [3.8, 4) is 11.4 Å². The van der Waals surface area contributed by atoms with E-state index in [0.29, 0.717) is 29.4 Å². The van der Waals surface area contributed by atoms with Gasteiger partial charge in [0.2, 0.25) is 0 Å². The van der Waals surface area contributed by atoms with Crippen LogP contribution in [0.1, 0.15) is 11.1 Å². The lowest BCUT2D eigenvalue weighted by molar-refractivity contribution is 0.664. The molecule has 0 aliphatic rings. The second kappa shape index (κ2) is 5.73. The third-order valence-corrected chi connectivity index (χ3v) is 3.84. The minimum absolute atomic E-state index is 0.343. The van der Waals surface area contributed by atoms with Gasteiger partial charge in [-0.3, -0.25) is 0 Å². The van der Waals surface area contributed by atoms with Gasteiger partial charge in [-0.2, -0.15) is 0 Å². The first-order valence-corrected chi connectivity index (χ1v) is 7.68. The van der Waals surface area contributed by atoms with Crippen LogP contribution in [0.5, 0.6) is 0 Å². The highest BCUT2D eigenvalue weighted by Gasteiger charge is 2.14. The Hall–Kier alpha value is -3.28. The number of nitrogens with two attached hydrogens (primary N) is 1. The van der Waals surface area contributed by atoms with Crippen molar-refractivity contribution in [1.82, 2.24) is 25.0 Å². The molecule has 0 atom stereocenters. The molecule has 0 saturated heterocycles.